The highest BCUT2D eigenvalue weighted by atomic mass is 16.3. The van der Waals surface area contributed by atoms with E-state index in [1.807, 2.05) is 6.07 Å². The van der Waals surface area contributed by atoms with Crippen molar-refractivity contribution in [3.63, 3.8) is 0 Å². The molecule has 0 radical (unpaired) electrons. The summed E-state index contributed by atoms with van der Waals surface area (Å²) >= 11 is 0. The molecule has 0 aliphatic rings. The lowest BCUT2D eigenvalue weighted by molar-refractivity contribution is 0.0993. The number of aromatic hydroxyl groups is 1. The Morgan fingerprint density at radius 2 is 1.65 bits per heavy atom. The second-order valence-corrected chi connectivity index (χ2v) is 6.46. The number of nitrogens with one attached hydrogen (secondary N) is 1. The molecule has 0 unspecified atom stereocenters. The van der Waals surface area contributed by atoms with Crippen molar-refractivity contribution in [1.29, 1.82) is 0 Å². The molecule has 0 aliphatic carbocycles. The average molecular weight is 412 g/mol. The van der Waals surface area contributed by atoms with E-state index in [0.717, 1.165) is 0 Å². The van der Waals surface area contributed by atoms with Crippen LogP contribution in [0.15, 0.2) is 83.3 Å². The summed E-state index contributed by atoms with van der Waals surface area (Å²) in [5, 5.41) is 22.8. The zero-order valence-electron chi connectivity index (χ0n) is 16.1. The number of phenolic OH excluding ortho intramolecular Hbond substituents is 1. The number of anilines is 1. The lowest BCUT2D eigenvalue weighted by Gasteiger charge is -2.11. The predicted molar refractivity (Wildman–Crippen MR) is 115 cm³/mol. The highest BCUT2D eigenvalue weighted by Crippen LogP contribution is 2.39. The quantitative estimate of drug-likeness (QED) is 0.423. The Morgan fingerprint density at radius 3 is 2.42 bits per heavy atom. The molecule has 9 heteroatoms. The summed E-state index contributed by atoms with van der Waals surface area (Å²) in [5.41, 5.74) is 5.79. The van der Waals surface area contributed by atoms with E-state index in [4.69, 9.17) is 5.73 Å². The molecular formula is C22H16N6O3. The third-order valence-corrected chi connectivity index (χ3v) is 4.43. The molecule has 9 nitrogen and oxygen atoms in total. The number of azo groups is 1. The highest BCUT2D eigenvalue weighted by Gasteiger charge is 2.19. The third kappa shape index (κ3) is 4.06. The van der Waals surface area contributed by atoms with Crippen LogP contribution >= 0.6 is 0 Å². The van der Waals surface area contributed by atoms with Crippen molar-refractivity contribution >= 4 is 39.8 Å². The molecule has 4 N–H and O–H groups in total. The molecule has 2 amide bonds. The van der Waals surface area contributed by atoms with Crippen molar-refractivity contribution < 1.29 is 14.7 Å². The van der Waals surface area contributed by atoms with Crippen LogP contribution in [0.3, 0.4) is 0 Å². The summed E-state index contributed by atoms with van der Waals surface area (Å²) in [6, 6.07) is 17.5. The Balaban J connectivity index is 1.81. The van der Waals surface area contributed by atoms with E-state index in [1.165, 1.54) is 12.4 Å². The summed E-state index contributed by atoms with van der Waals surface area (Å²) in [7, 11) is 0. The van der Waals surface area contributed by atoms with Gasteiger partial charge in [0.25, 0.3) is 11.8 Å². The van der Waals surface area contributed by atoms with Gasteiger partial charge >= 0.3 is 0 Å². The fourth-order valence-corrected chi connectivity index (χ4v) is 2.99. The van der Waals surface area contributed by atoms with Gasteiger partial charge in [0.2, 0.25) is 5.82 Å². The molecule has 31 heavy (non-hydrogen) atoms. The normalized spacial score (nSPS) is 11.0. The van der Waals surface area contributed by atoms with Crippen molar-refractivity contribution in [2.45, 2.75) is 0 Å². The summed E-state index contributed by atoms with van der Waals surface area (Å²) in [4.78, 5) is 32.2. The first-order valence-electron chi connectivity index (χ1n) is 9.18. The van der Waals surface area contributed by atoms with Gasteiger partial charge in [-0.15, -0.1) is 10.2 Å². The number of nitrogens with two attached hydrogens (primary N) is 1. The van der Waals surface area contributed by atoms with Crippen LogP contribution in [-0.4, -0.2) is 26.9 Å². The molecule has 1 heterocycles. The lowest BCUT2D eigenvalue weighted by atomic mass is 10.0. The summed E-state index contributed by atoms with van der Waals surface area (Å²) in [5.74, 6) is -1.78. The number of carbonyl (C=O) groups excluding carboxylic acids is 2. The first-order valence-corrected chi connectivity index (χ1v) is 9.18. The van der Waals surface area contributed by atoms with Crippen molar-refractivity contribution in [3.05, 3.63) is 84.3 Å². The van der Waals surface area contributed by atoms with Crippen LogP contribution in [-0.2, 0) is 0 Å². The van der Waals surface area contributed by atoms with Gasteiger partial charge in [0.1, 0.15) is 5.69 Å². The van der Waals surface area contributed by atoms with Crippen LogP contribution in [0.4, 0.5) is 17.2 Å². The molecule has 0 saturated carbocycles. The van der Waals surface area contributed by atoms with E-state index in [-0.39, 0.29) is 28.5 Å². The smallest absolute Gasteiger partial charge is 0.271 e. The van der Waals surface area contributed by atoms with Gasteiger partial charge in [-0.25, -0.2) is 9.97 Å². The second kappa shape index (κ2) is 8.37. The van der Waals surface area contributed by atoms with Crippen molar-refractivity contribution in [2.24, 2.45) is 16.0 Å². The minimum absolute atomic E-state index is 0.0192. The number of hydrogen-bond acceptors (Lipinski definition) is 7. The Bertz CT molecular complexity index is 1320. The molecule has 0 bridgehead atoms. The number of hydrogen-bond donors (Lipinski definition) is 3. The standard InChI is InChI=1S/C22H16N6O3/c23-20(30)18-21(25-11-10-24-18)28-27-17-15-9-5-4-6-13(15)12-16(19(17)29)22(31)26-14-7-2-1-3-8-14/h1-12,29H,(H2,23,30)(H,26,31)/b28-27+. The van der Waals surface area contributed by atoms with Crippen LogP contribution in [0.2, 0.25) is 0 Å². The monoisotopic (exact) mass is 412 g/mol. The van der Waals surface area contributed by atoms with Gasteiger partial charge in [-0.05, 0) is 23.6 Å². The van der Waals surface area contributed by atoms with Gasteiger partial charge in [0.15, 0.2) is 11.4 Å². The van der Waals surface area contributed by atoms with Gasteiger partial charge in [0, 0.05) is 23.5 Å². The van der Waals surface area contributed by atoms with Crippen LogP contribution in [0.25, 0.3) is 10.8 Å². The second-order valence-electron chi connectivity index (χ2n) is 6.46. The van der Waals surface area contributed by atoms with Crippen LogP contribution in [0, 0.1) is 0 Å². The predicted octanol–water partition coefficient (Wildman–Crippen LogP) is 4.10. The maximum atomic E-state index is 12.8. The molecule has 0 fully saturated rings. The molecule has 0 atom stereocenters. The van der Waals surface area contributed by atoms with E-state index in [1.54, 1.807) is 54.6 Å². The number of nitrogens with zero attached hydrogens (tertiary/aromatic N) is 4. The molecule has 4 rings (SSSR count). The first-order chi connectivity index (χ1) is 15.0. The zero-order chi connectivity index (χ0) is 21.8. The summed E-state index contributed by atoms with van der Waals surface area (Å²) in [6.07, 6.45) is 2.64. The number of aromatic nitrogens is 2. The molecule has 152 valence electrons. The third-order valence-electron chi connectivity index (χ3n) is 4.43. The average Bonchev–Trinajstić information content (AvgIpc) is 2.79. The maximum Gasteiger partial charge on any atom is 0.271 e. The molecule has 3 aromatic carbocycles. The highest BCUT2D eigenvalue weighted by molar-refractivity contribution is 6.11. The fourth-order valence-electron chi connectivity index (χ4n) is 2.99. The van der Waals surface area contributed by atoms with E-state index in [2.05, 4.69) is 25.5 Å². The number of phenols is 1. The number of rotatable bonds is 5. The number of benzene rings is 3. The van der Waals surface area contributed by atoms with Crippen LogP contribution in [0.1, 0.15) is 20.8 Å². The molecule has 4 aromatic rings. The minimum atomic E-state index is -0.813. The molecule has 1 aromatic heterocycles. The summed E-state index contributed by atoms with van der Waals surface area (Å²) < 4.78 is 0. The number of para-hydroxylation sites is 1. The molecule has 0 saturated heterocycles. The van der Waals surface area contributed by atoms with Crippen molar-refractivity contribution in [2.75, 3.05) is 5.32 Å². The number of fused-ring (bicyclic) bond motifs is 1. The van der Waals surface area contributed by atoms with Gasteiger partial charge in [-0.1, -0.05) is 42.5 Å². The van der Waals surface area contributed by atoms with E-state index >= 15 is 0 Å². The maximum absolute atomic E-state index is 12.8. The minimum Gasteiger partial charge on any atom is -0.505 e. The Hall–Kier alpha value is -4.66. The first kappa shape index (κ1) is 19.6. The van der Waals surface area contributed by atoms with Gasteiger partial charge in [-0.3, -0.25) is 9.59 Å². The molecular weight excluding hydrogens is 396 g/mol. The Morgan fingerprint density at radius 1 is 0.935 bits per heavy atom. The summed E-state index contributed by atoms with van der Waals surface area (Å²) in [6.45, 7) is 0. The molecule has 0 aliphatic heterocycles. The Kier molecular flexibility index (Phi) is 5.31. The van der Waals surface area contributed by atoms with E-state index in [9.17, 15) is 14.7 Å². The van der Waals surface area contributed by atoms with E-state index < -0.39 is 11.8 Å². The SMILES string of the molecule is NC(=O)c1nccnc1/N=N/c1c(O)c(C(=O)Nc2ccccc2)cc2ccccc12. The van der Waals surface area contributed by atoms with Crippen LogP contribution in [0.5, 0.6) is 5.75 Å². The van der Waals surface area contributed by atoms with Crippen LogP contribution < -0.4 is 11.1 Å². The number of amides is 2. The van der Waals surface area contributed by atoms with Gasteiger partial charge < -0.3 is 16.2 Å². The fraction of sp³-hybridized carbons (Fsp3) is 0. The van der Waals surface area contributed by atoms with Gasteiger partial charge in [0.05, 0.1) is 5.56 Å². The Labute approximate surface area is 176 Å². The van der Waals surface area contributed by atoms with E-state index in [0.29, 0.717) is 16.5 Å². The largest absolute Gasteiger partial charge is 0.505 e. The number of carbonyl (C=O) groups is 2. The van der Waals surface area contributed by atoms with Crippen molar-refractivity contribution in [3.8, 4) is 5.75 Å². The number of primary amides is 1. The lowest BCUT2D eigenvalue weighted by Crippen LogP contribution is -2.13. The van der Waals surface area contributed by atoms with Gasteiger partial charge in [-0.2, -0.15) is 0 Å². The van der Waals surface area contributed by atoms with Crippen molar-refractivity contribution in [1.82, 2.24) is 9.97 Å². The zero-order valence-corrected chi connectivity index (χ0v) is 16.1. The molecule has 0 spiro atoms. The topological polar surface area (TPSA) is 143 Å².